The van der Waals surface area contributed by atoms with Gasteiger partial charge in [0.15, 0.2) is 5.78 Å². The minimum atomic E-state index is 0.0850. The fourth-order valence-electron chi connectivity index (χ4n) is 2.14. The first kappa shape index (κ1) is 10.8. The Morgan fingerprint density at radius 1 is 0.944 bits per heavy atom. The molecule has 0 aliphatic heterocycles. The zero-order valence-electron chi connectivity index (χ0n) is 9.80. The van der Waals surface area contributed by atoms with Crippen LogP contribution in [0.1, 0.15) is 16.1 Å². The van der Waals surface area contributed by atoms with E-state index < -0.39 is 0 Å². The van der Waals surface area contributed by atoms with Gasteiger partial charge in [-0.1, -0.05) is 42.5 Å². The van der Waals surface area contributed by atoms with Gasteiger partial charge in [0.25, 0.3) is 0 Å². The van der Waals surface area contributed by atoms with Crippen molar-refractivity contribution in [2.75, 3.05) is 0 Å². The summed E-state index contributed by atoms with van der Waals surface area (Å²) in [5, 5.41) is 2.08. The first-order valence-corrected chi connectivity index (χ1v) is 5.88. The van der Waals surface area contributed by atoms with E-state index in [2.05, 4.69) is 0 Å². The summed E-state index contributed by atoms with van der Waals surface area (Å²) in [5.74, 6) is 0.787. The maximum absolute atomic E-state index is 12.3. The molecule has 2 aromatic carbocycles. The number of benzene rings is 2. The van der Waals surface area contributed by atoms with Gasteiger partial charge >= 0.3 is 0 Å². The zero-order chi connectivity index (χ0) is 12.4. The summed E-state index contributed by atoms with van der Waals surface area (Å²) in [6.45, 7) is 0. The van der Waals surface area contributed by atoms with Crippen molar-refractivity contribution in [3.05, 3.63) is 72.2 Å². The van der Waals surface area contributed by atoms with E-state index in [1.807, 2.05) is 48.5 Å². The van der Waals surface area contributed by atoms with Crippen LogP contribution in [0.5, 0.6) is 0 Å². The molecule has 0 spiro atoms. The van der Waals surface area contributed by atoms with Crippen LogP contribution in [0, 0.1) is 0 Å². The SMILES string of the molecule is O=C(Cc1ccco1)c1cccc2ccccc12. The van der Waals surface area contributed by atoms with Crippen LogP contribution in [-0.4, -0.2) is 5.78 Å². The van der Waals surface area contributed by atoms with Crippen LogP contribution in [0.3, 0.4) is 0 Å². The third-order valence-electron chi connectivity index (χ3n) is 3.00. The normalized spacial score (nSPS) is 10.7. The summed E-state index contributed by atoms with van der Waals surface area (Å²) in [7, 11) is 0. The number of ketones is 1. The van der Waals surface area contributed by atoms with E-state index >= 15 is 0 Å². The van der Waals surface area contributed by atoms with Gasteiger partial charge in [-0.05, 0) is 22.9 Å². The standard InChI is InChI=1S/C16H12O2/c17-16(11-13-7-4-10-18-13)15-9-3-6-12-5-1-2-8-14(12)15/h1-10H,11H2. The van der Waals surface area contributed by atoms with Crippen molar-refractivity contribution >= 4 is 16.6 Å². The molecule has 0 N–H and O–H groups in total. The number of rotatable bonds is 3. The summed E-state index contributed by atoms with van der Waals surface area (Å²) in [6.07, 6.45) is 1.90. The lowest BCUT2D eigenvalue weighted by molar-refractivity contribution is 0.0988. The molecule has 3 rings (SSSR count). The zero-order valence-corrected chi connectivity index (χ0v) is 9.80. The highest BCUT2D eigenvalue weighted by molar-refractivity contribution is 6.08. The highest BCUT2D eigenvalue weighted by Crippen LogP contribution is 2.20. The van der Waals surface area contributed by atoms with Crippen LogP contribution < -0.4 is 0 Å². The second-order valence-electron chi connectivity index (χ2n) is 4.21. The Morgan fingerprint density at radius 2 is 1.78 bits per heavy atom. The number of hydrogen-bond acceptors (Lipinski definition) is 2. The molecule has 0 amide bonds. The Hall–Kier alpha value is -2.35. The number of carbonyl (C=O) groups is 1. The van der Waals surface area contributed by atoms with Gasteiger partial charge < -0.3 is 4.42 Å². The van der Waals surface area contributed by atoms with Gasteiger partial charge in [-0.15, -0.1) is 0 Å². The predicted octanol–water partition coefficient (Wildman–Crippen LogP) is 3.86. The first-order valence-electron chi connectivity index (χ1n) is 5.88. The van der Waals surface area contributed by atoms with Crippen molar-refractivity contribution in [1.29, 1.82) is 0 Å². The van der Waals surface area contributed by atoms with Gasteiger partial charge in [-0.3, -0.25) is 4.79 Å². The highest BCUT2D eigenvalue weighted by Gasteiger charge is 2.11. The Bertz CT molecular complexity index is 676. The van der Waals surface area contributed by atoms with Crippen molar-refractivity contribution < 1.29 is 9.21 Å². The minimum Gasteiger partial charge on any atom is -0.469 e. The quantitative estimate of drug-likeness (QED) is 0.646. The van der Waals surface area contributed by atoms with Gasteiger partial charge in [0, 0.05) is 5.56 Å². The second-order valence-corrected chi connectivity index (χ2v) is 4.21. The second kappa shape index (κ2) is 4.49. The number of fused-ring (bicyclic) bond motifs is 1. The molecule has 2 heteroatoms. The number of Topliss-reactive ketones (excluding diaryl/α,β-unsaturated/α-hetero) is 1. The molecule has 0 saturated carbocycles. The molecule has 0 radical (unpaired) electrons. The van der Waals surface area contributed by atoms with E-state index in [-0.39, 0.29) is 5.78 Å². The van der Waals surface area contributed by atoms with Crippen LogP contribution >= 0.6 is 0 Å². The fourth-order valence-corrected chi connectivity index (χ4v) is 2.14. The number of hydrogen-bond donors (Lipinski definition) is 0. The molecule has 0 atom stereocenters. The van der Waals surface area contributed by atoms with Crippen LogP contribution in [0.4, 0.5) is 0 Å². The first-order chi connectivity index (χ1) is 8.84. The van der Waals surface area contributed by atoms with Gasteiger partial charge in [0.2, 0.25) is 0 Å². The third kappa shape index (κ3) is 1.93. The maximum Gasteiger partial charge on any atom is 0.171 e. The van der Waals surface area contributed by atoms with Crippen molar-refractivity contribution in [2.24, 2.45) is 0 Å². The van der Waals surface area contributed by atoms with Crippen molar-refractivity contribution in [2.45, 2.75) is 6.42 Å². The third-order valence-corrected chi connectivity index (χ3v) is 3.00. The molecule has 18 heavy (non-hydrogen) atoms. The molecule has 0 aliphatic rings. The monoisotopic (exact) mass is 236 g/mol. The van der Waals surface area contributed by atoms with E-state index in [9.17, 15) is 4.79 Å². The van der Waals surface area contributed by atoms with Crippen molar-refractivity contribution in [3.63, 3.8) is 0 Å². The van der Waals surface area contributed by atoms with Gasteiger partial charge in [0.1, 0.15) is 5.76 Å². The van der Waals surface area contributed by atoms with Crippen LogP contribution in [0.2, 0.25) is 0 Å². The lowest BCUT2D eigenvalue weighted by atomic mass is 9.99. The van der Waals surface area contributed by atoms with E-state index in [1.54, 1.807) is 12.3 Å². The summed E-state index contributed by atoms with van der Waals surface area (Å²) in [6, 6.07) is 17.3. The average Bonchev–Trinajstić information content (AvgIpc) is 2.91. The summed E-state index contributed by atoms with van der Waals surface area (Å²) >= 11 is 0. The van der Waals surface area contributed by atoms with E-state index in [0.717, 1.165) is 16.3 Å². The Labute approximate surface area is 105 Å². The molecule has 1 aromatic heterocycles. The van der Waals surface area contributed by atoms with E-state index in [4.69, 9.17) is 4.42 Å². The van der Waals surface area contributed by atoms with E-state index in [1.165, 1.54) is 0 Å². The van der Waals surface area contributed by atoms with Gasteiger partial charge in [0.05, 0.1) is 12.7 Å². The molecule has 0 unspecified atom stereocenters. The molecule has 88 valence electrons. The molecular weight excluding hydrogens is 224 g/mol. The molecule has 0 fully saturated rings. The van der Waals surface area contributed by atoms with Gasteiger partial charge in [-0.2, -0.15) is 0 Å². The lowest BCUT2D eigenvalue weighted by Crippen LogP contribution is -2.03. The molecule has 1 heterocycles. The topological polar surface area (TPSA) is 30.2 Å². The molecule has 2 nitrogen and oxygen atoms in total. The predicted molar refractivity (Wildman–Crippen MR) is 70.7 cm³/mol. The number of furan rings is 1. The molecule has 3 aromatic rings. The molecule has 0 saturated heterocycles. The lowest BCUT2D eigenvalue weighted by Gasteiger charge is -2.04. The summed E-state index contributed by atoms with van der Waals surface area (Å²) in [5.41, 5.74) is 0.754. The summed E-state index contributed by atoms with van der Waals surface area (Å²) < 4.78 is 5.22. The highest BCUT2D eigenvalue weighted by atomic mass is 16.3. The number of carbonyl (C=O) groups excluding carboxylic acids is 1. The summed E-state index contributed by atoms with van der Waals surface area (Å²) in [4.78, 5) is 12.3. The maximum atomic E-state index is 12.3. The molecular formula is C16H12O2. The fraction of sp³-hybridized carbons (Fsp3) is 0.0625. The average molecular weight is 236 g/mol. The van der Waals surface area contributed by atoms with Crippen LogP contribution in [0.25, 0.3) is 10.8 Å². The largest absolute Gasteiger partial charge is 0.469 e. The van der Waals surface area contributed by atoms with Crippen LogP contribution in [-0.2, 0) is 6.42 Å². The Balaban J connectivity index is 2.01. The van der Waals surface area contributed by atoms with Gasteiger partial charge in [-0.25, -0.2) is 0 Å². The molecule has 0 bridgehead atoms. The van der Waals surface area contributed by atoms with Crippen molar-refractivity contribution in [3.8, 4) is 0 Å². The van der Waals surface area contributed by atoms with E-state index in [0.29, 0.717) is 12.2 Å². The Kier molecular flexibility index (Phi) is 2.69. The van der Waals surface area contributed by atoms with Crippen molar-refractivity contribution in [1.82, 2.24) is 0 Å². The smallest absolute Gasteiger partial charge is 0.171 e. The molecule has 0 aliphatic carbocycles. The minimum absolute atomic E-state index is 0.0850. The Morgan fingerprint density at radius 3 is 2.61 bits per heavy atom. The van der Waals surface area contributed by atoms with Crippen LogP contribution in [0.15, 0.2) is 65.3 Å².